The van der Waals surface area contributed by atoms with Gasteiger partial charge in [-0.05, 0) is 62.3 Å². The number of amides is 3. The maximum Gasteiger partial charge on any atom is 0.316 e. The molecule has 2 bridgehead atoms. The Hall–Kier alpha value is -3.68. The first-order valence-electron chi connectivity index (χ1n) is 12.7. The van der Waals surface area contributed by atoms with Crippen LogP contribution >= 0.6 is 0 Å². The van der Waals surface area contributed by atoms with E-state index in [0.29, 0.717) is 35.6 Å². The summed E-state index contributed by atoms with van der Waals surface area (Å²) in [5, 5.41) is 0. The average Bonchev–Trinajstić information content (AvgIpc) is 3.63. The highest BCUT2D eigenvalue weighted by molar-refractivity contribution is 6.22. The number of anilines is 2. The molecule has 8 nitrogen and oxygen atoms in total. The first-order valence-corrected chi connectivity index (χ1v) is 12.7. The van der Waals surface area contributed by atoms with Gasteiger partial charge in [-0.15, -0.1) is 0 Å². The fourth-order valence-electron chi connectivity index (χ4n) is 6.60. The number of esters is 1. The number of carbonyl (C=O) groups is 4. The Bertz CT molecular complexity index is 1230. The highest BCUT2D eigenvalue weighted by Crippen LogP contribution is 2.56. The molecule has 4 fully saturated rings. The smallest absolute Gasteiger partial charge is 0.316 e. The zero-order valence-corrected chi connectivity index (χ0v) is 20.1. The number of para-hydroxylation sites is 2. The minimum atomic E-state index is -0.638. The Morgan fingerprint density at radius 3 is 2.42 bits per heavy atom. The molecule has 186 valence electrons. The van der Waals surface area contributed by atoms with Crippen molar-refractivity contribution in [3.05, 3.63) is 48.5 Å². The molecule has 2 aliphatic carbocycles. The van der Waals surface area contributed by atoms with Crippen molar-refractivity contribution in [2.75, 3.05) is 23.0 Å². The predicted molar refractivity (Wildman–Crippen MR) is 130 cm³/mol. The molecule has 2 saturated heterocycles. The third kappa shape index (κ3) is 3.58. The molecule has 2 saturated carbocycles. The molecule has 4 aliphatic rings. The van der Waals surface area contributed by atoms with E-state index >= 15 is 0 Å². The lowest BCUT2D eigenvalue weighted by Gasteiger charge is -2.20. The standard InChI is InChI=1S/C28H28N2O6/c1-2-35-22-9-4-3-8-21(22)29-15-18(13-23(29)31)28(34)36-20-7-5-6-19(14-20)30-26(32)24-16-10-11-17(12-16)25(24)27(30)33/h3-9,14,16-18,24-25H,2,10-13,15H2,1H3/t16-,17-,18+,24+,25+/m0/s1. The molecule has 0 N–H and O–H groups in total. The van der Waals surface area contributed by atoms with E-state index < -0.39 is 11.9 Å². The third-order valence-electron chi connectivity index (χ3n) is 8.14. The van der Waals surface area contributed by atoms with E-state index in [1.807, 2.05) is 19.1 Å². The van der Waals surface area contributed by atoms with E-state index in [4.69, 9.17) is 9.47 Å². The van der Waals surface area contributed by atoms with Crippen LogP contribution in [0.2, 0.25) is 0 Å². The Morgan fingerprint density at radius 1 is 0.972 bits per heavy atom. The molecule has 3 amide bonds. The normalized spacial score (nSPS) is 28.7. The maximum absolute atomic E-state index is 13.2. The second-order valence-corrected chi connectivity index (χ2v) is 10.1. The van der Waals surface area contributed by atoms with E-state index in [0.717, 1.165) is 19.3 Å². The lowest BCUT2D eigenvalue weighted by atomic mass is 9.81. The molecule has 0 spiro atoms. The molecule has 2 aromatic carbocycles. The minimum absolute atomic E-state index is 0.0359. The lowest BCUT2D eigenvalue weighted by molar-refractivity contribution is -0.139. The highest BCUT2D eigenvalue weighted by Gasteiger charge is 2.61. The predicted octanol–water partition coefficient (Wildman–Crippen LogP) is 3.58. The number of ether oxygens (including phenoxy) is 2. The molecule has 2 aliphatic heterocycles. The van der Waals surface area contributed by atoms with E-state index in [-0.39, 0.29) is 48.3 Å². The number of nitrogens with zero attached hydrogens (tertiary/aromatic N) is 2. The average molecular weight is 489 g/mol. The van der Waals surface area contributed by atoms with Crippen molar-refractivity contribution in [3.8, 4) is 11.5 Å². The quantitative estimate of drug-likeness (QED) is 0.351. The number of fused-ring (bicyclic) bond motifs is 5. The van der Waals surface area contributed by atoms with E-state index in [2.05, 4.69) is 0 Å². The number of hydrogen-bond acceptors (Lipinski definition) is 6. The van der Waals surface area contributed by atoms with Crippen LogP contribution < -0.4 is 19.3 Å². The van der Waals surface area contributed by atoms with Crippen molar-refractivity contribution in [1.82, 2.24) is 0 Å². The Labute approximate surface area is 209 Å². The first-order chi connectivity index (χ1) is 17.5. The zero-order valence-electron chi connectivity index (χ0n) is 20.1. The number of hydrogen-bond donors (Lipinski definition) is 0. The molecule has 8 heteroatoms. The summed E-state index contributed by atoms with van der Waals surface area (Å²) in [5.41, 5.74) is 1.06. The second-order valence-electron chi connectivity index (χ2n) is 10.1. The fraction of sp³-hybridized carbons (Fsp3) is 0.429. The van der Waals surface area contributed by atoms with Gasteiger partial charge in [-0.3, -0.25) is 19.2 Å². The SMILES string of the molecule is CCOc1ccccc1N1C[C@H](C(=O)Oc2cccc(N3C(=O)[C@@H]4[C@H]5CC[C@@H](C5)[C@H]4C3=O)c2)CC1=O. The summed E-state index contributed by atoms with van der Waals surface area (Å²) >= 11 is 0. The Balaban J connectivity index is 1.16. The second kappa shape index (κ2) is 8.76. The molecule has 2 aromatic rings. The van der Waals surface area contributed by atoms with Crippen LogP contribution in [-0.4, -0.2) is 36.8 Å². The molecule has 0 radical (unpaired) electrons. The van der Waals surface area contributed by atoms with Crippen molar-refractivity contribution in [2.24, 2.45) is 29.6 Å². The largest absolute Gasteiger partial charge is 0.492 e. The number of benzene rings is 2. The summed E-state index contributed by atoms with van der Waals surface area (Å²) in [4.78, 5) is 54.9. The van der Waals surface area contributed by atoms with Gasteiger partial charge >= 0.3 is 5.97 Å². The van der Waals surface area contributed by atoms with Gasteiger partial charge in [-0.1, -0.05) is 18.2 Å². The van der Waals surface area contributed by atoms with Crippen LogP contribution in [0.4, 0.5) is 11.4 Å². The summed E-state index contributed by atoms with van der Waals surface area (Å²) in [6.07, 6.45) is 3.05. The summed E-state index contributed by atoms with van der Waals surface area (Å²) < 4.78 is 11.3. The van der Waals surface area contributed by atoms with Gasteiger partial charge in [0.15, 0.2) is 0 Å². The van der Waals surface area contributed by atoms with Gasteiger partial charge < -0.3 is 14.4 Å². The molecule has 5 atom stereocenters. The molecule has 6 rings (SSSR count). The lowest BCUT2D eigenvalue weighted by Crippen LogP contribution is -2.32. The van der Waals surface area contributed by atoms with Crippen LogP contribution in [0.25, 0.3) is 0 Å². The highest BCUT2D eigenvalue weighted by atomic mass is 16.5. The van der Waals surface area contributed by atoms with Gasteiger partial charge in [0.05, 0.1) is 35.7 Å². The van der Waals surface area contributed by atoms with Crippen molar-refractivity contribution >= 4 is 35.1 Å². The Kier molecular flexibility index (Phi) is 5.54. The Morgan fingerprint density at radius 2 is 1.69 bits per heavy atom. The molecule has 36 heavy (non-hydrogen) atoms. The molecule has 0 aromatic heterocycles. The van der Waals surface area contributed by atoms with Gasteiger partial charge in [0, 0.05) is 19.0 Å². The molecular weight excluding hydrogens is 460 g/mol. The molecule has 0 unspecified atom stereocenters. The van der Waals surface area contributed by atoms with E-state index in [1.54, 1.807) is 41.3 Å². The van der Waals surface area contributed by atoms with Crippen molar-refractivity contribution in [3.63, 3.8) is 0 Å². The topological polar surface area (TPSA) is 93.2 Å². The van der Waals surface area contributed by atoms with Crippen LogP contribution in [0, 0.1) is 29.6 Å². The van der Waals surface area contributed by atoms with Crippen LogP contribution in [0.5, 0.6) is 11.5 Å². The van der Waals surface area contributed by atoms with Gasteiger partial charge in [0.2, 0.25) is 17.7 Å². The zero-order chi connectivity index (χ0) is 25.0. The van der Waals surface area contributed by atoms with Crippen LogP contribution in [0.1, 0.15) is 32.6 Å². The van der Waals surface area contributed by atoms with Crippen molar-refractivity contribution in [1.29, 1.82) is 0 Å². The summed E-state index contributed by atoms with van der Waals surface area (Å²) in [6, 6.07) is 13.8. The maximum atomic E-state index is 13.2. The monoisotopic (exact) mass is 488 g/mol. The fourth-order valence-corrected chi connectivity index (χ4v) is 6.60. The van der Waals surface area contributed by atoms with Gasteiger partial charge in [-0.2, -0.15) is 0 Å². The van der Waals surface area contributed by atoms with Crippen LogP contribution in [0.3, 0.4) is 0 Å². The summed E-state index contributed by atoms with van der Waals surface area (Å²) in [6.45, 7) is 2.53. The first kappa shape index (κ1) is 22.8. The number of imide groups is 1. The van der Waals surface area contributed by atoms with E-state index in [1.165, 1.54) is 4.90 Å². The van der Waals surface area contributed by atoms with Gasteiger partial charge in [-0.25, -0.2) is 4.90 Å². The van der Waals surface area contributed by atoms with Gasteiger partial charge in [0.1, 0.15) is 11.5 Å². The van der Waals surface area contributed by atoms with Crippen molar-refractivity contribution < 1.29 is 28.7 Å². The van der Waals surface area contributed by atoms with Gasteiger partial charge in [0.25, 0.3) is 0 Å². The van der Waals surface area contributed by atoms with Crippen molar-refractivity contribution in [2.45, 2.75) is 32.6 Å². The number of carbonyl (C=O) groups excluding carboxylic acids is 4. The number of rotatable bonds is 6. The minimum Gasteiger partial charge on any atom is -0.492 e. The third-order valence-corrected chi connectivity index (χ3v) is 8.14. The summed E-state index contributed by atoms with van der Waals surface area (Å²) in [7, 11) is 0. The van der Waals surface area contributed by atoms with E-state index in [9.17, 15) is 19.2 Å². The molecule has 2 heterocycles. The van der Waals surface area contributed by atoms with Crippen LogP contribution in [0.15, 0.2) is 48.5 Å². The van der Waals surface area contributed by atoms with Crippen LogP contribution in [-0.2, 0) is 19.2 Å². The summed E-state index contributed by atoms with van der Waals surface area (Å²) in [5.74, 6) is -0.575. The molecular formula is C28H28N2O6.